The number of aromatic nitrogens is 2. The number of halogens is 1. The number of hydrogen-bond acceptors (Lipinski definition) is 6. The van der Waals surface area contributed by atoms with E-state index in [1.54, 1.807) is 30.3 Å². The van der Waals surface area contributed by atoms with Gasteiger partial charge in [-0.3, -0.25) is 4.79 Å². The number of rotatable bonds is 4. The van der Waals surface area contributed by atoms with Crippen molar-refractivity contribution in [2.24, 2.45) is 0 Å². The summed E-state index contributed by atoms with van der Waals surface area (Å²) in [5.41, 5.74) is 1.46. The van der Waals surface area contributed by atoms with E-state index in [9.17, 15) is 4.79 Å². The minimum Gasteiger partial charge on any atom is -0.486 e. The van der Waals surface area contributed by atoms with Crippen molar-refractivity contribution in [3.8, 4) is 11.5 Å². The topological polar surface area (TPSA) is 85.4 Å². The molecule has 0 aliphatic carbocycles. The number of para-hydroxylation sites is 1. The van der Waals surface area contributed by atoms with Crippen LogP contribution in [0, 0.1) is 0 Å². The molecule has 2 N–H and O–H groups in total. The number of nitrogens with one attached hydrogen (secondary N) is 2. The van der Waals surface area contributed by atoms with E-state index >= 15 is 0 Å². The van der Waals surface area contributed by atoms with Gasteiger partial charge in [0.05, 0.1) is 10.7 Å². The predicted octanol–water partition coefficient (Wildman–Crippen LogP) is 3.90. The Hall–Kier alpha value is -3.32. The third-order valence-corrected chi connectivity index (χ3v) is 4.14. The SMILES string of the molecule is O=C(Nc1ccccc1Cl)c1ccnc(Nc2ccc3c(c2)OCCO3)n1. The number of fused-ring (bicyclic) bond motifs is 1. The molecule has 0 saturated carbocycles. The molecule has 4 rings (SSSR count). The molecule has 2 aromatic carbocycles. The van der Waals surface area contributed by atoms with Gasteiger partial charge in [-0.1, -0.05) is 23.7 Å². The van der Waals surface area contributed by atoms with Crippen LogP contribution >= 0.6 is 11.6 Å². The highest BCUT2D eigenvalue weighted by atomic mass is 35.5. The lowest BCUT2D eigenvalue weighted by molar-refractivity contribution is 0.102. The van der Waals surface area contributed by atoms with E-state index in [1.807, 2.05) is 12.1 Å². The molecule has 0 fully saturated rings. The zero-order chi connectivity index (χ0) is 18.6. The lowest BCUT2D eigenvalue weighted by atomic mass is 10.2. The van der Waals surface area contributed by atoms with Gasteiger partial charge in [0.1, 0.15) is 18.9 Å². The molecule has 0 spiro atoms. The Morgan fingerprint density at radius 3 is 2.70 bits per heavy atom. The number of anilines is 3. The molecule has 2 heterocycles. The summed E-state index contributed by atoms with van der Waals surface area (Å²) < 4.78 is 11.1. The maximum atomic E-state index is 12.4. The molecular formula is C19H15ClN4O3. The van der Waals surface area contributed by atoms with Gasteiger partial charge in [-0.2, -0.15) is 0 Å². The summed E-state index contributed by atoms with van der Waals surface area (Å²) >= 11 is 6.07. The molecular weight excluding hydrogens is 368 g/mol. The van der Waals surface area contributed by atoms with Gasteiger partial charge in [0.15, 0.2) is 11.5 Å². The Labute approximate surface area is 160 Å². The first kappa shape index (κ1) is 17.1. The average molecular weight is 383 g/mol. The fourth-order valence-corrected chi connectivity index (χ4v) is 2.73. The van der Waals surface area contributed by atoms with Gasteiger partial charge in [0, 0.05) is 18.0 Å². The lowest BCUT2D eigenvalue weighted by Gasteiger charge is -2.19. The quantitative estimate of drug-likeness (QED) is 0.711. The number of ether oxygens (including phenoxy) is 2. The van der Waals surface area contributed by atoms with Crippen LogP contribution < -0.4 is 20.1 Å². The zero-order valence-corrected chi connectivity index (χ0v) is 14.9. The maximum Gasteiger partial charge on any atom is 0.274 e. The minimum absolute atomic E-state index is 0.213. The van der Waals surface area contributed by atoms with E-state index in [0.717, 1.165) is 5.69 Å². The van der Waals surface area contributed by atoms with Crippen molar-refractivity contribution in [2.75, 3.05) is 23.8 Å². The first-order valence-electron chi connectivity index (χ1n) is 8.25. The summed E-state index contributed by atoms with van der Waals surface area (Å²) in [6.07, 6.45) is 1.51. The van der Waals surface area contributed by atoms with E-state index in [1.165, 1.54) is 12.3 Å². The van der Waals surface area contributed by atoms with Gasteiger partial charge in [0.2, 0.25) is 5.95 Å². The maximum absolute atomic E-state index is 12.4. The second-order valence-electron chi connectivity index (χ2n) is 5.68. The van der Waals surface area contributed by atoms with Gasteiger partial charge in [-0.15, -0.1) is 0 Å². The van der Waals surface area contributed by atoms with Crippen LogP contribution in [0.2, 0.25) is 5.02 Å². The Bertz CT molecular complexity index is 996. The Kier molecular flexibility index (Phi) is 4.76. The molecule has 8 heteroatoms. The van der Waals surface area contributed by atoms with E-state index in [2.05, 4.69) is 20.6 Å². The highest BCUT2D eigenvalue weighted by Crippen LogP contribution is 2.33. The lowest BCUT2D eigenvalue weighted by Crippen LogP contribution is -2.16. The van der Waals surface area contributed by atoms with Gasteiger partial charge < -0.3 is 20.1 Å². The first-order valence-corrected chi connectivity index (χ1v) is 8.62. The number of benzene rings is 2. The first-order chi connectivity index (χ1) is 13.2. The van der Waals surface area contributed by atoms with Gasteiger partial charge in [-0.25, -0.2) is 9.97 Å². The molecule has 0 unspecified atom stereocenters. The van der Waals surface area contributed by atoms with Crippen molar-refractivity contribution >= 4 is 34.8 Å². The van der Waals surface area contributed by atoms with Crippen molar-refractivity contribution < 1.29 is 14.3 Å². The van der Waals surface area contributed by atoms with E-state index in [4.69, 9.17) is 21.1 Å². The zero-order valence-electron chi connectivity index (χ0n) is 14.1. The fraction of sp³-hybridized carbons (Fsp3) is 0.105. The van der Waals surface area contributed by atoms with Crippen LogP contribution in [-0.2, 0) is 0 Å². The summed E-state index contributed by atoms with van der Waals surface area (Å²) in [6.45, 7) is 1.04. The van der Waals surface area contributed by atoms with Crippen molar-refractivity contribution in [3.63, 3.8) is 0 Å². The molecule has 0 atom stereocenters. The third kappa shape index (κ3) is 3.93. The Morgan fingerprint density at radius 2 is 1.85 bits per heavy atom. The molecule has 7 nitrogen and oxygen atoms in total. The summed E-state index contributed by atoms with van der Waals surface area (Å²) in [6, 6.07) is 14.0. The molecule has 1 aromatic heterocycles. The van der Waals surface area contributed by atoms with E-state index in [-0.39, 0.29) is 11.6 Å². The van der Waals surface area contributed by atoms with Crippen LogP contribution in [0.5, 0.6) is 11.5 Å². The van der Waals surface area contributed by atoms with Gasteiger partial charge >= 0.3 is 0 Å². The number of amides is 1. The summed E-state index contributed by atoms with van der Waals surface area (Å²) in [5.74, 6) is 1.26. The molecule has 0 saturated heterocycles. The molecule has 3 aromatic rings. The van der Waals surface area contributed by atoms with Crippen molar-refractivity contribution in [3.05, 3.63) is 65.4 Å². The number of nitrogens with zero attached hydrogens (tertiary/aromatic N) is 2. The van der Waals surface area contributed by atoms with Crippen LogP contribution in [0.1, 0.15) is 10.5 Å². The molecule has 27 heavy (non-hydrogen) atoms. The molecule has 1 aliphatic rings. The minimum atomic E-state index is -0.379. The third-order valence-electron chi connectivity index (χ3n) is 3.81. The summed E-state index contributed by atoms with van der Waals surface area (Å²) in [7, 11) is 0. The van der Waals surface area contributed by atoms with Crippen LogP contribution in [0.25, 0.3) is 0 Å². The van der Waals surface area contributed by atoms with Crippen molar-refractivity contribution in [1.82, 2.24) is 9.97 Å². The molecule has 1 aliphatic heterocycles. The highest BCUT2D eigenvalue weighted by molar-refractivity contribution is 6.33. The Balaban J connectivity index is 1.51. The molecule has 136 valence electrons. The second kappa shape index (κ2) is 7.51. The van der Waals surface area contributed by atoms with Crippen LogP contribution in [-0.4, -0.2) is 29.1 Å². The summed E-state index contributed by atoms with van der Waals surface area (Å²) in [5, 5.41) is 6.25. The second-order valence-corrected chi connectivity index (χ2v) is 6.09. The van der Waals surface area contributed by atoms with Crippen LogP contribution in [0.15, 0.2) is 54.7 Å². The monoisotopic (exact) mass is 382 g/mol. The number of carbonyl (C=O) groups is 1. The highest BCUT2D eigenvalue weighted by Gasteiger charge is 2.14. The molecule has 1 amide bonds. The van der Waals surface area contributed by atoms with Crippen LogP contribution in [0.3, 0.4) is 0 Å². The molecule has 0 bridgehead atoms. The fourth-order valence-electron chi connectivity index (χ4n) is 2.54. The van der Waals surface area contributed by atoms with Gasteiger partial charge in [-0.05, 0) is 30.3 Å². The van der Waals surface area contributed by atoms with Gasteiger partial charge in [0.25, 0.3) is 5.91 Å². The largest absolute Gasteiger partial charge is 0.486 e. The standard InChI is InChI=1S/C19H15ClN4O3/c20-13-3-1-2-4-14(13)23-18(25)15-7-8-21-19(24-15)22-12-5-6-16-17(11-12)27-10-9-26-16/h1-8,11H,9-10H2,(H,23,25)(H,21,22,24). The molecule has 0 radical (unpaired) electrons. The average Bonchev–Trinajstić information content (AvgIpc) is 2.70. The van der Waals surface area contributed by atoms with Crippen molar-refractivity contribution in [2.45, 2.75) is 0 Å². The summed E-state index contributed by atoms with van der Waals surface area (Å²) in [4.78, 5) is 20.8. The van der Waals surface area contributed by atoms with Crippen molar-refractivity contribution in [1.29, 1.82) is 0 Å². The van der Waals surface area contributed by atoms with E-state index in [0.29, 0.717) is 41.4 Å². The van der Waals surface area contributed by atoms with Crippen LogP contribution in [0.4, 0.5) is 17.3 Å². The number of carbonyl (C=O) groups excluding carboxylic acids is 1. The normalized spacial score (nSPS) is 12.3. The smallest absolute Gasteiger partial charge is 0.274 e. The van der Waals surface area contributed by atoms with E-state index < -0.39 is 0 Å². The number of hydrogen-bond donors (Lipinski definition) is 2. The Morgan fingerprint density at radius 1 is 1.04 bits per heavy atom. The predicted molar refractivity (Wildman–Crippen MR) is 102 cm³/mol.